The van der Waals surface area contributed by atoms with Gasteiger partial charge in [0.1, 0.15) is 18.8 Å². The number of hydrogen-bond acceptors (Lipinski definition) is 6. The molecule has 0 aliphatic carbocycles. The molecule has 3 rings (SSSR count). The monoisotopic (exact) mass is 271 g/mol. The van der Waals surface area contributed by atoms with Crippen LogP contribution >= 0.6 is 0 Å². The molecule has 0 spiro atoms. The van der Waals surface area contributed by atoms with Gasteiger partial charge in [-0.1, -0.05) is 0 Å². The maximum Gasteiger partial charge on any atom is 0.411 e. The first kappa shape index (κ1) is 12.7. The maximum absolute atomic E-state index is 11.8. The predicted molar refractivity (Wildman–Crippen MR) is 61.2 cm³/mol. The van der Waals surface area contributed by atoms with E-state index in [2.05, 4.69) is 0 Å². The molecular formula is C12H17NO6. The minimum absolute atomic E-state index is 0.215. The highest BCUT2D eigenvalue weighted by molar-refractivity contribution is 5.83. The van der Waals surface area contributed by atoms with Crippen LogP contribution in [-0.2, 0) is 23.7 Å². The van der Waals surface area contributed by atoms with E-state index in [0.29, 0.717) is 6.42 Å². The lowest BCUT2D eigenvalue weighted by Gasteiger charge is -2.38. The summed E-state index contributed by atoms with van der Waals surface area (Å²) in [5, 5.41) is 0. The van der Waals surface area contributed by atoms with E-state index in [0.717, 1.165) is 0 Å². The molecule has 3 aliphatic heterocycles. The zero-order valence-corrected chi connectivity index (χ0v) is 11.1. The molecule has 0 bridgehead atoms. The van der Waals surface area contributed by atoms with Crippen molar-refractivity contribution >= 4 is 12.1 Å². The van der Waals surface area contributed by atoms with E-state index in [4.69, 9.17) is 18.9 Å². The third kappa shape index (κ3) is 1.88. The summed E-state index contributed by atoms with van der Waals surface area (Å²) in [7, 11) is 1.31. The molecule has 19 heavy (non-hydrogen) atoms. The predicted octanol–water partition coefficient (Wildman–Crippen LogP) is 0.273. The number of hydrogen-bond donors (Lipinski definition) is 0. The molecule has 0 aromatic carbocycles. The van der Waals surface area contributed by atoms with Crippen molar-refractivity contribution in [3.63, 3.8) is 0 Å². The van der Waals surface area contributed by atoms with Gasteiger partial charge in [-0.15, -0.1) is 0 Å². The summed E-state index contributed by atoms with van der Waals surface area (Å²) in [6.07, 6.45) is -0.615. The van der Waals surface area contributed by atoms with E-state index < -0.39 is 23.9 Å². The van der Waals surface area contributed by atoms with Gasteiger partial charge in [0.05, 0.1) is 19.3 Å². The van der Waals surface area contributed by atoms with Crippen LogP contribution in [0.15, 0.2) is 0 Å². The molecule has 0 aromatic rings. The summed E-state index contributed by atoms with van der Waals surface area (Å²) in [5.41, 5.74) is 0. The van der Waals surface area contributed by atoms with Crippen molar-refractivity contribution in [1.82, 2.24) is 4.90 Å². The van der Waals surface area contributed by atoms with Crippen LogP contribution < -0.4 is 0 Å². The number of rotatable bonds is 1. The second-order valence-electron chi connectivity index (χ2n) is 5.46. The van der Waals surface area contributed by atoms with Gasteiger partial charge in [0.15, 0.2) is 5.79 Å². The van der Waals surface area contributed by atoms with Crippen LogP contribution in [0.1, 0.15) is 20.3 Å². The van der Waals surface area contributed by atoms with Crippen molar-refractivity contribution in [2.75, 3.05) is 13.7 Å². The zero-order valence-electron chi connectivity index (χ0n) is 11.1. The summed E-state index contributed by atoms with van der Waals surface area (Å²) >= 11 is 0. The summed E-state index contributed by atoms with van der Waals surface area (Å²) in [5.74, 6) is -1.16. The third-order valence-electron chi connectivity index (χ3n) is 3.81. The van der Waals surface area contributed by atoms with Gasteiger partial charge in [-0.3, -0.25) is 4.90 Å². The van der Waals surface area contributed by atoms with E-state index >= 15 is 0 Å². The van der Waals surface area contributed by atoms with Crippen LogP contribution in [0.5, 0.6) is 0 Å². The van der Waals surface area contributed by atoms with Crippen LogP contribution in [0.3, 0.4) is 0 Å². The van der Waals surface area contributed by atoms with E-state index in [1.807, 2.05) is 13.8 Å². The smallest absolute Gasteiger partial charge is 0.411 e. The van der Waals surface area contributed by atoms with Crippen LogP contribution in [0, 0.1) is 0 Å². The Morgan fingerprint density at radius 2 is 2.16 bits per heavy atom. The fourth-order valence-corrected chi connectivity index (χ4v) is 3.11. The number of piperidine rings is 1. The SMILES string of the molecule is COC(=O)[C@@H]1C[C@H]2OC(C)(C)O[C@H]2[C@H]2COC(=O)N21. The lowest BCUT2D eigenvalue weighted by Crippen LogP contribution is -2.59. The minimum atomic E-state index is -0.711. The molecular weight excluding hydrogens is 254 g/mol. The Bertz CT molecular complexity index is 422. The standard InChI is InChI=1S/C12H17NO6/c1-12(2)18-8-4-6(10(14)16-3)13-7(9(8)19-12)5-17-11(13)15/h6-9H,4-5H2,1-3H3/t6-,7+,8+,9-/m0/s1. The van der Waals surface area contributed by atoms with Crippen molar-refractivity contribution in [3.8, 4) is 0 Å². The Morgan fingerprint density at radius 3 is 2.84 bits per heavy atom. The molecule has 3 aliphatic rings. The molecule has 106 valence electrons. The molecule has 4 atom stereocenters. The first-order chi connectivity index (χ1) is 8.93. The van der Waals surface area contributed by atoms with Gasteiger partial charge in [-0.2, -0.15) is 0 Å². The Labute approximate surface area is 110 Å². The molecule has 3 saturated heterocycles. The van der Waals surface area contributed by atoms with E-state index in [9.17, 15) is 9.59 Å². The van der Waals surface area contributed by atoms with Gasteiger partial charge in [0.25, 0.3) is 0 Å². The number of ether oxygens (including phenoxy) is 4. The highest BCUT2D eigenvalue weighted by Gasteiger charge is 2.58. The topological polar surface area (TPSA) is 74.3 Å². The van der Waals surface area contributed by atoms with Crippen LogP contribution in [-0.4, -0.2) is 60.8 Å². The number of methoxy groups -OCH3 is 1. The van der Waals surface area contributed by atoms with Crippen LogP contribution in [0.4, 0.5) is 4.79 Å². The zero-order chi connectivity index (χ0) is 13.8. The van der Waals surface area contributed by atoms with Crippen molar-refractivity contribution in [3.05, 3.63) is 0 Å². The minimum Gasteiger partial charge on any atom is -0.467 e. The molecule has 7 heteroatoms. The molecule has 0 radical (unpaired) electrons. The van der Waals surface area contributed by atoms with Gasteiger partial charge in [0, 0.05) is 6.42 Å². The fourth-order valence-electron chi connectivity index (χ4n) is 3.11. The summed E-state index contributed by atoms with van der Waals surface area (Å²) in [6.45, 7) is 3.85. The van der Waals surface area contributed by atoms with Crippen LogP contribution in [0.25, 0.3) is 0 Å². The van der Waals surface area contributed by atoms with Gasteiger partial charge in [-0.05, 0) is 13.8 Å². The van der Waals surface area contributed by atoms with Gasteiger partial charge < -0.3 is 18.9 Å². The van der Waals surface area contributed by atoms with E-state index in [-0.39, 0.29) is 24.9 Å². The Morgan fingerprint density at radius 1 is 1.42 bits per heavy atom. The van der Waals surface area contributed by atoms with E-state index in [1.54, 1.807) is 0 Å². The Kier molecular flexibility index (Phi) is 2.72. The highest BCUT2D eigenvalue weighted by Crippen LogP contribution is 2.40. The maximum atomic E-state index is 11.8. The van der Waals surface area contributed by atoms with Crippen molar-refractivity contribution in [1.29, 1.82) is 0 Å². The van der Waals surface area contributed by atoms with Crippen molar-refractivity contribution in [2.45, 2.75) is 50.3 Å². The molecule has 0 saturated carbocycles. The molecule has 3 heterocycles. The van der Waals surface area contributed by atoms with Crippen molar-refractivity contribution < 1.29 is 28.5 Å². The number of cyclic esters (lactones) is 1. The third-order valence-corrected chi connectivity index (χ3v) is 3.81. The first-order valence-corrected chi connectivity index (χ1v) is 6.31. The first-order valence-electron chi connectivity index (χ1n) is 6.31. The molecule has 0 unspecified atom stereocenters. The molecule has 7 nitrogen and oxygen atoms in total. The summed E-state index contributed by atoms with van der Waals surface area (Å²) in [6, 6.07) is -0.958. The van der Waals surface area contributed by atoms with Crippen molar-refractivity contribution in [2.24, 2.45) is 0 Å². The number of nitrogens with zero attached hydrogens (tertiary/aromatic N) is 1. The fraction of sp³-hybridized carbons (Fsp3) is 0.833. The van der Waals surface area contributed by atoms with E-state index in [1.165, 1.54) is 12.0 Å². The second-order valence-corrected chi connectivity index (χ2v) is 5.46. The second kappa shape index (κ2) is 4.08. The number of carbonyl (C=O) groups is 2. The number of fused-ring (bicyclic) bond motifs is 3. The quantitative estimate of drug-likeness (QED) is 0.637. The molecule has 0 aromatic heterocycles. The average molecular weight is 271 g/mol. The van der Waals surface area contributed by atoms with Gasteiger partial charge >= 0.3 is 12.1 Å². The van der Waals surface area contributed by atoms with Crippen LogP contribution in [0.2, 0.25) is 0 Å². The Balaban J connectivity index is 1.90. The molecule has 0 N–H and O–H groups in total. The number of amides is 1. The Hall–Kier alpha value is -1.34. The van der Waals surface area contributed by atoms with Gasteiger partial charge in [0.2, 0.25) is 0 Å². The lowest BCUT2D eigenvalue weighted by atomic mass is 9.92. The molecule has 1 amide bonds. The lowest BCUT2D eigenvalue weighted by molar-refractivity contribution is -0.150. The number of carbonyl (C=O) groups excluding carboxylic acids is 2. The van der Waals surface area contributed by atoms with Gasteiger partial charge in [-0.25, -0.2) is 9.59 Å². The summed E-state index contributed by atoms with van der Waals surface area (Å²) < 4.78 is 21.4. The summed E-state index contributed by atoms with van der Waals surface area (Å²) in [4.78, 5) is 25.1. The normalized spacial score (nSPS) is 39.5. The average Bonchev–Trinajstić information content (AvgIpc) is 2.86. The molecule has 3 fully saturated rings. The largest absolute Gasteiger partial charge is 0.467 e. The highest BCUT2D eigenvalue weighted by atomic mass is 16.8. The number of esters is 1.